The van der Waals surface area contributed by atoms with E-state index in [9.17, 15) is 14.4 Å². The Morgan fingerprint density at radius 2 is 1.70 bits per heavy atom. The standard InChI is InChI=1S/C23H22N2O5/c1-3-8-17-11-16(12-18-21(26)24-23(28)25-22(18)27)13-19(29-4-2)20(17)30-14-15-9-6-5-7-10-15/h3,5-7,9-13H,1,4,8,14H2,2H3,(H2,24,25,26,27,28). The average Bonchev–Trinajstić information content (AvgIpc) is 2.71. The minimum absolute atomic E-state index is 0.167. The van der Waals surface area contributed by atoms with Gasteiger partial charge in [0.1, 0.15) is 12.2 Å². The van der Waals surface area contributed by atoms with Gasteiger partial charge in [0.15, 0.2) is 11.5 Å². The van der Waals surface area contributed by atoms with Crippen LogP contribution in [0.2, 0.25) is 0 Å². The molecule has 0 aromatic heterocycles. The number of rotatable bonds is 8. The molecular weight excluding hydrogens is 384 g/mol. The Hall–Kier alpha value is -3.87. The first-order valence-corrected chi connectivity index (χ1v) is 9.47. The van der Waals surface area contributed by atoms with Crippen molar-refractivity contribution >= 4 is 23.9 Å². The quantitative estimate of drug-likeness (QED) is 0.399. The van der Waals surface area contributed by atoms with Gasteiger partial charge in [0.25, 0.3) is 11.8 Å². The van der Waals surface area contributed by atoms with E-state index >= 15 is 0 Å². The van der Waals surface area contributed by atoms with E-state index < -0.39 is 17.8 Å². The summed E-state index contributed by atoms with van der Waals surface area (Å²) >= 11 is 0. The fourth-order valence-electron chi connectivity index (χ4n) is 3.00. The maximum absolute atomic E-state index is 12.0. The molecule has 1 heterocycles. The lowest BCUT2D eigenvalue weighted by atomic mass is 10.0. The second-order valence-corrected chi connectivity index (χ2v) is 6.50. The minimum atomic E-state index is -0.839. The number of benzene rings is 2. The first-order chi connectivity index (χ1) is 14.5. The third-order valence-electron chi connectivity index (χ3n) is 4.30. The predicted octanol–water partition coefficient (Wildman–Crippen LogP) is 3.14. The zero-order valence-electron chi connectivity index (χ0n) is 16.6. The van der Waals surface area contributed by atoms with Crippen LogP contribution < -0.4 is 20.1 Å². The molecule has 7 nitrogen and oxygen atoms in total. The van der Waals surface area contributed by atoms with Crippen LogP contribution in [-0.4, -0.2) is 24.5 Å². The maximum atomic E-state index is 12.0. The van der Waals surface area contributed by atoms with Crippen LogP contribution in [0.15, 0.2) is 60.7 Å². The van der Waals surface area contributed by atoms with Crippen molar-refractivity contribution in [3.63, 3.8) is 0 Å². The van der Waals surface area contributed by atoms with Gasteiger partial charge in [-0.25, -0.2) is 4.79 Å². The molecule has 0 saturated carbocycles. The summed E-state index contributed by atoms with van der Waals surface area (Å²) in [7, 11) is 0. The molecule has 1 fully saturated rings. The van der Waals surface area contributed by atoms with E-state index in [1.54, 1.807) is 18.2 Å². The van der Waals surface area contributed by atoms with Crippen molar-refractivity contribution in [2.45, 2.75) is 20.0 Å². The molecular formula is C23H22N2O5. The van der Waals surface area contributed by atoms with Crippen LogP contribution in [0.4, 0.5) is 4.79 Å². The summed E-state index contributed by atoms with van der Waals surface area (Å²) in [4.78, 5) is 35.3. The third-order valence-corrected chi connectivity index (χ3v) is 4.30. The van der Waals surface area contributed by atoms with Crippen molar-refractivity contribution in [1.82, 2.24) is 10.6 Å². The number of hydrogen-bond donors (Lipinski definition) is 2. The second-order valence-electron chi connectivity index (χ2n) is 6.50. The minimum Gasteiger partial charge on any atom is -0.490 e. The monoisotopic (exact) mass is 406 g/mol. The molecule has 0 bridgehead atoms. The van der Waals surface area contributed by atoms with Gasteiger partial charge >= 0.3 is 6.03 Å². The highest BCUT2D eigenvalue weighted by atomic mass is 16.5. The van der Waals surface area contributed by atoms with Crippen molar-refractivity contribution in [2.24, 2.45) is 0 Å². The highest BCUT2D eigenvalue weighted by molar-refractivity contribution is 6.31. The number of barbiturate groups is 1. The summed E-state index contributed by atoms with van der Waals surface area (Å²) < 4.78 is 11.8. The summed E-state index contributed by atoms with van der Waals surface area (Å²) in [6.45, 7) is 6.41. The molecule has 1 aliphatic rings. The van der Waals surface area contributed by atoms with Gasteiger partial charge < -0.3 is 9.47 Å². The first-order valence-electron chi connectivity index (χ1n) is 9.47. The Kier molecular flexibility index (Phi) is 6.64. The zero-order chi connectivity index (χ0) is 21.5. The van der Waals surface area contributed by atoms with E-state index in [4.69, 9.17) is 9.47 Å². The topological polar surface area (TPSA) is 93.7 Å². The van der Waals surface area contributed by atoms with Gasteiger partial charge in [0.05, 0.1) is 6.61 Å². The van der Waals surface area contributed by atoms with Crippen LogP contribution in [0.25, 0.3) is 6.08 Å². The number of amides is 4. The zero-order valence-corrected chi connectivity index (χ0v) is 16.6. The van der Waals surface area contributed by atoms with E-state index in [0.29, 0.717) is 36.7 Å². The maximum Gasteiger partial charge on any atom is 0.328 e. The van der Waals surface area contributed by atoms with Gasteiger partial charge in [0.2, 0.25) is 0 Å². The fourth-order valence-corrected chi connectivity index (χ4v) is 3.00. The fraction of sp³-hybridized carbons (Fsp3) is 0.174. The second kappa shape index (κ2) is 9.56. The number of ether oxygens (including phenoxy) is 2. The molecule has 0 unspecified atom stereocenters. The molecule has 0 aliphatic carbocycles. The predicted molar refractivity (Wildman–Crippen MR) is 112 cm³/mol. The summed E-state index contributed by atoms with van der Waals surface area (Å²) in [5, 5.41) is 4.12. The van der Waals surface area contributed by atoms with Crippen LogP contribution in [-0.2, 0) is 22.6 Å². The van der Waals surface area contributed by atoms with Crippen LogP contribution in [0.3, 0.4) is 0 Å². The summed E-state index contributed by atoms with van der Waals surface area (Å²) in [6.07, 6.45) is 3.64. The van der Waals surface area contributed by atoms with Gasteiger partial charge in [-0.1, -0.05) is 36.4 Å². The molecule has 1 aliphatic heterocycles. The normalized spacial score (nSPS) is 13.4. The molecule has 3 rings (SSSR count). The first kappa shape index (κ1) is 20.9. The van der Waals surface area contributed by atoms with E-state index in [-0.39, 0.29) is 5.57 Å². The number of urea groups is 1. The molecule has 2 N–H and O–H groups in total. The van der Waals surface area contributed by atoms with Crippen LogP contribution >= 0.6 is 0 Å². The Morgan fingerprint density at radius 1 is 1.00 bits per heavy atom. The SMILES string of the molecule is C=CCc1cc(C=C2C(=O)NC(=O)NC2=O)cc(OCC)c1OCc1ccccc1. The Bertz CT molecular complexity index is 990. The average molecular weight is 406 g/mol. The molecule has 2 aromatic carbocycles. The summed E-state index contributed by atoms with van der Waals surface area (Å²) in [5.41, 5.74) is 2.21. The highest BCUT2D eigenvalue weighted by Gasteiger charge is 2.28. The molecule has 0 spiro atoms. The van der Waals surface area contributed by atoms with Crippen molar-refractivity contribution in [2.75, 3.05) is 6.61 Å². The van der Waals surface area contributed by atoms with E-state index in [1.165, 1.54) is 6.08 Å². The number of allylic oxidation sites excluding steroid dienone is 1. The largest absolute Gasteiger partial charge is 0.490 e. The van der Waals surface area contributed by atoms with Crippen LogP contribution in [0, 0.1) is 0 Å². The molecule has 7 heteroatoms. The van der Waals surface area contributed by atoms with Crippen molar-refractivity contribution in [3.05, 3.63) is 77.4 Å². The van der Waals surface area contributed by atoms with Crippen LogP contribution in [0.5, 0.6) is 11.5 Å². The number of carbonyl (C=O) groups is 3. The number of carbonyl (C=O) groups excluding carboxylic acids is 3. The number of imide groups is 2. The summed E-state index contributed by atoms with van der Waals surface area (Å²) in [6, 6.07) is 12.4. The Labute approximate surface area is 174 Å². The number of hydrogen-bond acceptors (Lipinski definition) is 5. The van der Waals surface area contributed by atoms with Gasteiger partial charge in [-0.2, -0.15) is 0 Å². The van der Waals surface area contributed by atoms with E-state index in [0.717, 1.165) is 11.1 Å². The highest BCUT2D eigenvalue weighted by Crippen LogP contribution is 2.35. The van der Waals surface area contributed by atoms with Gasteiger partial charge in [-0.05, 0) is 42.7 Å². The Balaban J connectivity index is 1.98. The van der Waals surface area contributed by atoms with Gasteiger partial charge in [-0.15, -0.1) is 6.58 Å². The third kappa shape index (κ3) is 4.94. The lowest BCUT2D eigenvalue weighted by molar-refractivity contribution is -0.123. The molecule has 154 valence electrons. The Morgan fingerprint density at radius 3 is 2.33 bits per heavy atom. The van der Waals surface area contributed by atoms with Crippen molar-refractivity contribution in [1.29, 1.82) is 0 Å². The molecule has 4 amide bonds. The van der Waals surface area contributed by atoms with Gasteiger partial charge in [-0.3, -0.25) is 20.2 Å². The van der Waals surface area contributed by atoms with Crippen molar-refractivity contribution in [3.8, 4) is 11.5 Å². The summed E-state index contributed by atoms with van der Waals surface area (Å²) in [5.74, 6) is -0.435. The lowest BCUT2D eigenvalue weighted by Gasteiger charge is -2.18. The van der Waals surface area contributed by atoms with E-state index in [1.807, 2.05) is 37.3 Å². The molecule has 0 atom stereocenters. The molecule has 0 radical (unpaired) electrons. The van der Waals surface area contributed by atoms with Crippen molar-refractivity contribution < 1.29 is 23.9 Å². The van der Waals surface area contributed by atoms with Crippen LogP contribution in [0.1, 0.15) is 23.6 Å². The lowest BCUT2D eigenvalue weighted by Crippen LogP contribution is -2.51. The molecule has 30 heavy (non-hydrogen) atoms. The molecule has 2 aromatic rings. The molecule has 1 saturated heterocycles. The smallest absolute Gasteiger partial charge is 0.328 e. The van der Waals surface area contributed by atoms with Gasteiger partial charge in [0, 0.05) is 5.56 Å². The number of nitrogens with one attached hydrogen (secondary N) is 2. The van der Waals surface area contributed by atoms with E-state index in [2.05, 4.69) is 17.2 Å².